The van der Waals surface area contributed by atoms with Crippen LogP contribution >= 0.6 is 11.3 Å². The lowest BCUT2D eigenvalue weighted by Crippen LogP contribution is -2.41. The number of carbonyl (C=O) groups is 3. The van der Waals surface area contributed by atoms with Gasteiger partial charge in [0.15, 0.2) is 5.78 Å². The number of nitrogens with zero attached hydrogens (tertiary/aromatic N) is 2. The number of nitrogens with one attached hydrogen (secondary N) is 2. The summed E-state index contributed by atoms with van der Waals surface area (Å²) < 4.78 is 1.67. The zero-order chi connectivity index (χ0) is 21.1. The summed E-state index contributed by atoms with van der Waals surface area (Å²) in [6, 6.07) is 8.25. The normalized spacial score (nSPS) is 12.5. The molecule has 3 heterocycles. The van der Waals surface area contributed by atoms with Gasteiger partial charge in [-0.05, 0) is 42.5 Å². The van der Waals surface area contributed by atoms with Gasteiger partial charge in [-0.25, -0.2) is 4.98 Å². The number of aryl methyl sites for hydroxylation is 1. The van der Waals surface area contributed by atoms with Crippen molar-refractivity contribution in [1.82, 2.24) is 20.4 Å². The van der Waals surface area contributed by atoms with Gasteiger partial charge in [0.2, 0.25) is 5.91 Å². The predicted octanol–water partition coefficient (Wildman–Crippen LogP) is 2.22. The predicted molar refractivity (Wildman–Crippen MR) is 112 cm³/mol. The first-order valence-electron chi connectivity index (χ1n) is 9.72. The maximum Gasteiger partial charge on any atom is 0.269 e. The van der Waals surface area contributed by atoms with Gasteiger partial charge < -0.3 is 0 Å². The third-order valence-electron chi connectivity index (χ3n) is 5.00. The van der Waals surface area contributed by atoms with Gasteiger partial charge in [0.1, 0.15) is 5.82 Å². The summed E-state index contributed by atoms with van der Waals surface area (Å²) in [4.78, 5) is 53.9. The van der Waals surface area contributed by atoms with Crippen molar-refractivity contribution in [3.05, 3.63) is 62.3 Å². The molecule has 0 saturated heterocycles. The molecule has 8 nitrogen and oxygen atoms in total. The van der Waals surface area contributed by atoms with Crippen molar-refractivity contribution >= 4 is 39.8 Å². The fourth-order valence-corrected chi connectivity index (χ4v) is 4.15. The second-order valence-corrected chi connectivity index (χ2v) is 8.02. The number of Topliss-reactive ketones (excluding diaryl/α,β-unsaturated/α-hetero) is 1. The summed E-state index contributed by atoms with van der Waals surface area (Å²) >= 11 is 1.38. The van der Waals surface area contributed by atoms with Crippen LogP contribution in [0.15, 0.2) is 40.5 Å². The molecular formula is C21H20N4O4S. The SMILES string of the molecule is O=C(CCCC(=O)c1cccs1)NNC(=O)c1ccc2c(=O)n3c(nc2c1)CCC3. The highest BCUT2D eigenvalue weighted by Gasteiger charge is 2.17. The fraction of sp³-hybridized carbons (Fsp3) is 0.286. The largest absolute Gasteiger partial charge is 0.296 e. The van der Waals surface area contributed by atoms with Crippen LogP contribution in [0.25, 0.3) is 10.9 Å². The number of fused-ring (bicyclic) bond motifs is 2. The Balaban J connectivity index is 1.32. The van der Waals surface area contributed by atoms with E-state index in [1.54, 1.807) is 22.8 Å². The summed E-state index contributed by atoms with van der Waals surface area (Å²) in [5.41, 5.74) is 5.40. The van der Waals surface area contributed by atoms with Crippen LogP contribution in [0, 0.1) is 0 Å². The number of rotatable bonds is 6. The molecule has 3 aromatic rings. The molecule has 4 rings (SSSR count). The summed E-state index contributed by atoms with van der Waals surface area (Å²) in [7, 11) is 0. The van der Waals surface area contributed by atoms with Crippen LogP contribution in [0.2, 0.25) is 0 Å². The highest BCUT2D eigenvalue weighted by molar-refractivity contribution is 7.12. The van der Waals surface area contributed by atoms with Crippen LogP contribution < -0.4 is 16.4 Å². The Morgan fingerprint density at radius 1 is 1.13 bits per heavy atom. The van der Waals surface area contributed by atoms with Gasteiger partial charge in [-0.2, -0.15) is 0 Å². The molecule has 1 aromatic carbocycles. The van der Waals surface area contributed by atoms with Crippen LogP contribution in [-0.2, 0) is 17.8 Å². The van der Waals surface area contributed by atoms with E-state index in [9.17, 15) is 19.2 Å². The number of carbonyl (C=O) groups excluding carboxylic acids is 3. The lowest BCUT2D eigenvalue weighted by atomic mass is 10.1. The second-order valence-electron chi connectivity index (χ2n) is 7.08. The molecule has 0 aliphatic carbocycles. The fourth-order valence-electron chi connectivity index (χ4n) is 3.46. The van der Waals surface area contributed by atoms with E-state index in [1.807, 2.05) is 11.4 Å². The molecule has 0 fully saturated rings. The van der Waals surface area contributed by atoms with Crippen molar-refractivity contribution in [1.29, 1.82) is 0 Å². The smallest absolute Gasteiger partial charge is 0.269 e. The molecule has 0 radical (unpaired) electrons. The standard InChI is InChI=1S/C21H20N4O4S/c26-16(17-5-3-11-30-17)4-1-7-19(27)23-24-20(28)13-8-9-14-15(12-13)22-18-6-2-10-25(18)21(14)29/h3,5,8-9,11-12H,1-2,4,6-7,10H2,(H,23,27)(H,24,28). The first-order chi connectivity index (χ1) is 14.5. The van der Waals surface area contributed by atoms with Gasteiger partial charge in [0.25, 0.3) is 11.5 Å². The van der Waals surface area contributed by atoms with E-state index in [0.29, 0.717) is 34.3 Å². The quantitative estimate of drug-likeness (QED) is 0.466. The summed E-state index contributed by atoms with van der Waals surface area (Å²) in [5.74, 6) is -0.136. The van der Waals surface area contributed by atoms with E-state index >= 15 is 0 Å². The van der Waals surface area contributed by atoms with Crippen molar-refractivity contribution in [3.8, 4) is 0 Å². The first kappa shape index (κ1) is 20.0. The average molecular weight is 424 g/mol. The second kappa shape index (κ2) is 8.58. The lowest BCUT2D eigenvalue weighted by molar-refractivity contribution is -0.121. The number of hydrogen-bond acceptors (Lipinski definition) is 6. The molecule has 9 heteroatoms. The molecule has 0 unspecified atom stereocenters. The summed E-state index contributed by atoms with van der Waals surface area (Å²) in [6.45, 7) is 0.671. The minimum Gasteiger partial charge on any atom is -0.296 e. The van der Waals surface area contributed by atoms with Gasteiger partial charge in [0.05, 0.1) is 15.8 Å². The highest BCUT2D eigenvalue weighted by Crippen LogP contribution is 2.16. The molecule has 2 amide bonds. The number of benzene rings is 1. The molecule has 1 aliphatic heterocycles. The van der Waals surface area contributed by atoms with E-state index in [4.69, 9.17) is 0 Å². The summed E-state index contributed by atoms with van der Waals surface area (Å²) in [6.07, 6.45) is 2.43. The molecule has 30 heavy (non-hydrogen) atoms. The number of aromatic nitrogens is 2. The maximum atomic E-state index is 12.5. The van der Waals surface area contributed by atoms with Crippen LogP contribution in [0.5, 0.6) is 0 Å². The third-order valence-corrected chi connectivity index (χ3v) is 5.91. The lowest BCUT2D eigenvalue weighted by Gasteiger charge is -2.09. The van der Waals surface area contributed by atoms with Gasteiger partial charge in [-0.3, -0.25) is 34.6 Å². The van der Waals surface area contributed by atoms with Crippen molar-refractivity contribution in [3.63, 3.8) is 0 Å². The molecule has 0 spiro atoms. The van der Waals surface area contributed by atoms with Gasteiger partial charge in [0, 0.05) is 31.4 Å². The topological polar surface area (TPSA) is 110 Å². The zero-order valence-corrected chi connectivity index (χ0v) is 17.0. The minimum absolute atomic E-state index is 0.00731. The Bertz CT molecular complexity index is 1180. The average Bonchev–Trinajstić information content (AvgIpc) is 3.44. The van der Waals surface area contributed by atoms with Gasteiger partial charge in [-0.15, -0.1) is 11.3 Å². The van der Waals surface area contributed by atoms with Crippen molar-refractivity contribution in [2.45, 2.75) is 38.6 Å². The Morgan fingerprint density at radius 3 is 2.80 bits per heavy atom. The molecule has 0 atom stereocenters. The molecule has 0 bridgehead atoms. The maximum absolute atomic E-state index is 12.5. The van der Waals surface area contributed by atoms with Crippen molar-refractivity contribution < 1.29 is 14.4 Å². The van der Waals surface area contributed by atoms with Gasteiger partial charge in [-0.1, -0.05) is 6.07 Å². The highest BCUT2D eigenvalue weighted by atomic mass is 32.1. The first-order valence-corrected chi connectivity index (χ1v) is 10.6. The monoisotopic (exact) mass is 424 g/mol. The van der Waals surface area contributed by atoms with E-state index in [-0.39, 0.29) is 30.1 Å². The molecule has 2 aromatic heterocycles. The zero-order valence-electron chi connectivity index (χ0n) is 16.1. The molecule has 154 valence electrons. The number of ketones is 1. The molecule has 2 N–H and O–H groups in total. The Hall–Kier alpha value is -3.33. The molecular weight excluding hydrogens is 404 g/mol. The van der Waals surface area contributed by atoms with Crippen LogP contribution in [0.3, 0.4) is 0 Å². The van der Waals surface area contributed by atoms with Crippen LogP contribution in [0.4, 0.5) is 0 Å². The van der Waals surface area contributed by atoms with Crippen LogP contribution in [0.1, 0.15) is 51.5 Å². The van der Waals surface area contributed by atoms with Crippen molar-refractivity contribution in [2.75, 3.05) is 0 Å². The number of thiophene rings is 1. The van der Waals surface area contributed by atoms with Gasteiger partial charge >= 0.3 is 0 Å². The minimum atomic E-state index is -0.498. The number of amides is 2. The molecule has 1 aliphatic rings. The Labute approximate surface area is 175 Å². The van der Waals surface area contributed by atoms with Crippen molar-refractivity contribution in [2.24, 2.45) is 0 Å². The summed E-state index contributed by atoms with van der Waals surface area (Å²) in [5, 5.41) is 2.30. The Kier molecular flexibility index (Phi) is 5.71. The number of hydrazine groups is 1. The van der Waals surface area contributed by atoms with E-state index in [0.717, 1.165) is 18.7 Å². The third kappa shape index (κ3) is 4.16. The van der Waals surface area contributed by atoms with E-state index in [1.165, 1.54) is 17.4 Å². The van der Waals surface area contributed by atoms with Crippen LogP contribution in [-0.4, -0.2) is 27.1 Å². The Morgan fingerprint density at radius 2 is 2.00 bits per heavy atom. The molecule has 0 saturated carbocycles. The number of hydrogen-bond donors (Lipinski definition) is 2. The van der Waals surface area contributed by atoms with E-state index in [2.05, 4.69) is 15.8 Å². The van der Waals surface area contributed by atoms with E-state index < -0.39 is 5.91 Å².